The van der Waals surface area contributed by atoms with Crippen LogP contribution in [0.25, 0.3) is 0 Å². The predicted octanol–water partition coefficient (Wildman–Crippen LogP) is 1.42. The summed E-state index contributed by atoms with van der Waals surface area (Å²) < 4.78 is 0. The van der Waals surface area contributed by atoms with E-state index in [1.807, 2.05) is 36.2 Å². The second-order valence-corrected chi connectivity index (χ2v) is 5.72. The second kappa shape index (κ2) is 8.54. The van der Waals surface area contributed by atoms with E-state index in [4.69, 9.17) is 0 Å². The van der Waals surface area contributed by atoms with Crippen LogP contribution in [0, 0.1) is 0 Å². The molecular formula is C17H25N3O2. The third kappa shape index (κ3) is 5.15. The van der Waals surface area contributed by atoms with Gasteiger partial charge in [-0.2, -0.15) is 0 Å². The highest BCUT2D eigenvalue weighted by molar-refractivity contribution is 5.78. The van der Waals surface area contributed by atoms with E-state index < -0.39 is 0 Å². The zero-order chi connectivity index (χ0) is 15.8. The molecule has 0 spiro atoms. The van der Waals surface area contributed by atoms with Gasteiger partial charge in [-0.1, -0.05) is 24.3 Å². The molecule has 0 aromatic heterocycles. The summed E-state index contributed by atoms with van der Waals surface area (Å²) in [6.07, 6.45) is 3.05. The van der Waals surface area contributed by atoms with Crippen LogP contribution in [0.5, 0.6) is 0 Å². The van der Waals surface area contributed by atoms with Gasteiger partial charge in [0.2, 0.25) is 11.8 Å². The summed E-state index contributed by atoms with van der Waals surface area (Å²) in [6.45, 7) is 2.97. The zero-order valence-corrected chi connectivity index (χ0v) is 13.2. The minimum absolute atomic E-state index is 0.0852. The van der Waals surface area contributed by atoms with E-state index >= 15 is 0 Å². The Bertz CT molecular complexity index is 499. The highest BCUT2D eigenvalue weighted by atomic mass is 16.2. The lowest BCUT2D eigenvalue weighted by Crippen LogP contribution is -2.24. The molecule has 1 saturated heterocycles. The minimum atomic E-state index is 0.0852. The van der Waals surface area contributed by atoms with E-state index in [-0.39, 0.29) is 11.8 Å². The van der Waals surface area contributed by atoms with Crippen LogP contribution < -0.4 is 10.6 Å². The van der Waals surface area contributed by atoms with Crippen molar-refractivity contribution >= 4 is 11.8 Å². The smallest absolute Gasteiger partial charge is 0.222 e. The maximum Gasteiger partial charge on any atom is 0.222 e. The molecule has 1 heterocycles. The highest BCUT2D eigenvalue weighted by Gasteiger charge is 2.19. The molecular weight excluding hydrogens is 278 g/mol. The SMILES string of the molecule is CNCCCC(=O)NCc1ccc(CN2CCCC2=O)cc1. The van der Waals surface area contributed by atoms with E-state index in [1.54, 1.807) is 0 Å². The lowest BCUT2D eigenvalue weighted by molar-refractivity contribution is -0.128. The second-order valence-electron chi connectivity index (χ2n) is 5.72. The van der Waals surface area contributed by atoms with Crippen LogP contribution in [0.1, 0.15) is 36.8 Å². The molecule has 2 rings (SSSR count). The molecule has 1 aromatic rings. The lowest BCUT2D eigenvalue weighted by Gasteiger charge is -2.15. The van der Waals surface area contributed by atoms with Crippen molar-refractivity contribution in [2.45, 2.75) is 38.8 Å². The molecule has 0 atom stereocenters. The molecule has 5 heteroatoms. The monoisotopic (exact) mass is 303 g/mol. The largest absolute Gasteiger partial charge is 0.352 e. The topological polar surface area (TPSA) is 61.4 Å². The van der Waals surface area contributed by atoms with Gasteiger partial charge in [0.15, 0.2) is 0 Å². The van der Waals surface area contributed by atoms with Crippen molar-refractivity contribution in [1.29, 1.82) is 0 Å². The summed E-state index contributed by atoms with van der Waals surface area (Å²) in [5.74, 6) is 0.333. The molecule has 0 saturated carbocycles. The van der Waals surface area contributed by atoms with Gasteiger partial charge >= 0.3 is 0 Å². The van der Waals surface area contributed by atoms with Crippen molar-refractivity contribution in [3.05, 3.63) is 35.4 Å². The van der Waals surface area contributed by atoms with Gasteiger partial charge < -0.3 is 15.5 Å². The number of carbonyl (C=O) groups is 2. The third-order valence-electron chi connectivity index (χ3n) is 3.89. The Morgan fingerprint density at radius 2 is 1.95 bits per heavy atom. The quantitative estimate of drug-likeness (QED) is 0.714. The molecule has 1 aliphatic rings. The normalized spacial score (nSPS) is 14.4. The van der Waals surface area contributed by atoms with E-state index in [0.29, 0.717) is 25.9 Å². The number of likely N-dealkylation sites (tertiary alicyclic amines) is 1. The molecule has 1 fully saturated rings. The molecule has 1 aliphatic heterocycles. The van der Waals surface area contributed by atoms with Gasteiger partial charge in [-0.25, -0.2) is 0 Å². The summed E-state index contributed by atoms with van der Waals surface area (Å²) in [5.41, 5.74) is 2.22. The average Bonchev–Trinajstić information content (AvgIpc) is 2.92. The van der Waals surface area contributed by atoms with Crippen molar-refractivity contribution in [2.75, 3.05) is 20.1 Å². The van der Waals surface area contributed by atoms with Crippen LogP contribution in [-0.2, 0) is 22.7 Å². The molecule has 0 bridgehead atoms. The Labute approximate surface area is 132 Å². The van der Waals surface area contributed by atoms with Crippen LogP contribution in [0.2, 0.25) is 0 Å². The molecule has 0 aliphatic carbocycles. The molecule has 5 nitrogen and oxygen atoms in total. The number of hydrogen-bond donors (Lipinski definition) is 2. The first-order valence-corrected chi connectivity index (χ1v) is 7.96. The number of nitrogens with zero attached hydrogens (tertiary/aromatic N) is 1. The van der Waals surface area contributed by atoms with Crippen LogP contribution in [0.3, 0.4) is 0 Å². The fourth-order valence-corrected chi connectivity index (χ4v) is 2.57. The average molecular weight is 303 g/mol. The van der Waals surface area contributed by atoms with E-state index in [9.17, 15) is 9.59 Å². The Morgan fingerprint density at radius 1 is 1.23 bits per heavy atom. The number of hydrogen-bond acceptors (Lipinski definition) is 3. The number of carbonyl (C=O) groups excluding carboxylic acids is 2. The first-order chi connectivity index (χ1) is 10.7. The van der Waals surface area contributed by atoms with Gasteiger partial charge in [-0.3, -0.25) is 9.59 Å². The number of amides is 2. The maximum absolute atomic E-state index is 11.6. The fraction of sp³-hybridized carbons (Fsp3) is 0.529. The minimum Gasteiger partial charge on any atom is -0.352 e. The molecule has 2 N–H and O–H groups in total. The Morgan fingerprint density at radius 3 is 2.59 bits per heavy atom. The number of rotatable bonds is 8. The molecule has 120 valence electrons. The Balaban J connectivity index is 1.74. The highest BCUT2D eigenvalue weighted by Crippen LogP contribution is 2.14. The van der Waals surface area contributed by atoms with E-state index in [0.717, 1.165) is 37.1 Å². The van der Waals surface area contributed by atoms with E-state index in [2.05, 4.69) is 10.6 Å². The summed E-state index contributed by atoms with van der Waals surface area (Å²) in [7, 11) is 1.88. The molecule has 0 unspecified atom stereocenters. The molecule has 2 amide bonds. The zero-order valence-electron chi connectivity index (χ0n) is 13.2. The van der Waals surface area contributed by atoms with Crippen LogP contribution in [0.15, 0.2) is 24.3 Å². The van der Waals surface area contributed by atoms with Crippen LogP contribution >= 0.6 is 0 Å². The summed E-state index contributed by atoms with van der Waals surface area (Å²) in [4.78, 5) is 25.1. The fourth-order valence-electron chi connectivity index (χ4n) is 2.57. The predicted molar refractivity (Wildman–Crippen MR) is 86.1 cm³/mol. The summed E-state index contributed by atoms with van der Waals surface area (Å²) >= 11 is 0. The Kier molecular flexibility index (Phi) is 6.40. The van der Waals surface area contributed by atoms with Gasteiger partial charge in [-0.15, -0.1) is 0 Å². The van der Waals surface area contributed by atoms with Gasteiger partial charge in [0.25, 0.3) is 0 Å². The van der Waals surface area contributed by atoms with Crippen molar-refractivity contribution < 1.29 is 9.59 Å². The van der Waals surface area contributed by atoms with Gasteiger partial charge in [0.1, 0.15) is 0 Å². The summed E-state index contributed by atoms with van der Waals surface area (Å²) in [6, 6.07) is 8.11. The molecule has 1 aromatic carbocycles. The Hall–Kier alpha value is -1.88. The van der Waals surface area contributed by atoms with Crippen molar-refractivity contribution in [2.24, 2.45) is 0 Å². The molecule has 22 heavy (non-hydrogen) atoms. The van der Waals surface area contributed by atoms with Gasteiger partial charge in [0, 0.05) is 32.5 Å². The van der Waals surface area contributed by atoms with Crippen LogP contribution in [0.4, 0.5) is 0 Å². The van der Waals surface area contributed by atoms with Crippen molar-refractivity contribution in [3.63, 3.8) is 0 Å². The van der Waals surface area contributed by atoms with Gasteiger partial charge in [0.05, 0.1) is 0 Å². The van der Waals surface area contributed by atoms with Gasteiger partial charge in [-0.05, 0) is 37.6 Å². The lowest BCUT2D eigenvalue weighted by atomic mass is 10.1. The number of benzene rings is 1. The summed E-state index contributed by atoms with van der Waals surface area (Å²) in [5, 5.41) is 5.95. The first-order valence-electron chi connectivity index (χ1n) is 7.96. The molecule has 0 radical (unpaired) electrons. The van der Waals surface area contributed by atoms with E-state index in [1.165, 1.54) is 0 Å². The standard InChI is InChI=1S/C17H25N3O2/c1-18-10-2-4-16(21)19-12-14-6-8-15(9-7-14)13-20-11-3-5-17(20)22/h6-9,18H,2-5,10-13H2,1H3,(H,19,21). The first kappa shape index (κ1) is 16.5. The van der Waals surface area contributed by atoms with Crippen molar-refractivity contribution in [3.8, 4) is 0 Å². The number of nitrogens with one attached hydrogen (secondary N) is 2. The third-order valence-corrected chi connectivity index (χ3v) is 3.89. The maximum atomic E-state index is 11.6. The van der Waals surface area contributed by atoms with Crippen LogP contribution in [-0.4, -0.2) is 36.9 Å². The van der Waals surface area contributed by atoms with Crippen molar-refractivity contribution in [1.82, 2.24) is 15.5 Å².